The van der Waals surface area contributed by atoms with Crippen molar-refractivity contribution in [1.29, 1.82) is 0 Å². The SMILES string of the molecule is NC(=O)c1ccccc1-c1cccc(OCCCn2ccnc2)c1. The number of benzene rings is 2. The van der Waals surface area contributed by atoms with Gasteiger partial charge in [-0.2, -0.15) is 0 Å². The van der Waals surface area contributed by atoms with Crippen LogP contribution in [0, 0.1) is 0 Å². The highest BCUT2D eigenvalue weighted by atomic mass is 16.5. The quantitative estimate of drug-likeness (QED) is 0.680. The summed E-state index contributed by atoms with van der Waals surface area (Å²) in [7, 11) is 0. The molecule has 0 radical (unpaired) electrons. The first kappa shape index (κ1) is 15.8. The third-order valence-electron chi connectivity index (χ3n) is 3.73. The molecule has 5 heteroatoms. The van der Waals surface area contributed by atoms with E-state index in [0.717, 1.165) is 29.8 Å². The number of aromatic nitrogens is 2. The van der Waals surface area contributed by atoms with Gasteiger partial charge >= 0.3 is 0 Å². The third-order valence-corrected chi connectivity index (χ3v) is 3.73. The van der Waals surface area contributed by atoms with Crippen molar-refractivity contribution in [3.8, 4) is 16.9 Å². The maximum Gasteiger partial charge on any atom is 0.249 e. The monoisotopic (exact) mass is 321 g/mol. The summed E-state index contributed by atoms with van der Waals surface area (Å²) in [6, 6.07) is 15.0. The molecule has 1 heterocycles. The van der Waals surface area contributed by atoms with Gasteiger partial charge in [-0.25, -0.2) is 4.98 Å². The van der Waals surface area contributed by atoms with E-state index in [0.29, 0.717) is 12.2 Å². The van der Waals surface area contributed by atoms with E-state index < -0.39 is 5.91 Å². The van der Waals surface area contributed by atoms with Crippen molar-refractivity contribution in [3.05, 3.63) is 72.8 Å². The average molecular weight is 321 g/mol. The molecule has 0 atom stereocenters. The van der Waals surface area contributed by atoms with Crippen LogP contribution in [0.25, 0.3) is 11.1 Å². The van der Waals surface area contributed by atoms with Gasteiger partial charge in [-0.1, -0.05) is 30.3 Å². The van der Waals surface area contributed by atoms with Gasteiger partial charge in [0, 0.05) is 24.5 Å². The Bertz CT molecular complexity index is 813. The predicted octanol–water partition coefficient (Wildman–Crippen LogP) is 3.12. The summed E-state index contributed by atoms with van der Waals surface area (Å²) >= 11 is 0. The van der Waals surface area contributed by atoms with Gasteiger partial charge in [-0.15, -0.1) is 0 Å². The first-order valence-electron chi connectivity index (χ1n) is 7.82. The molecule has 24 heavy (non-hydrogen) atoms. The Kier molecular flexibility index (Phi) is 4.91. The number of hydrogen-bond donors (Lipinski definition) is 1. The van der Waals surface area contributed by atoms with Crippen molar-refractivity contribution < 1.29 is 9.53 Å². The van der Waals surface area contributed by atoms with E-state index >= 15 is 0 Å². The minimum absolute atomic E-state index is 0.433. The number of aryl methyl sites for hydroxylation is 1. The number of nitrogens with two attached hydrogens (primary N) is 1. The van der Waals surface area contributed by atoms with E-state index in [2.05, 4.69) is 4.98 Å². The molecule has 122 valence electrons. The number of primary amides is 1. The zero-order chi connectivity index (χ0) is 16.8. The van der Waals surface area contributed by atoms with Crippen molar-refractivity contribution in [1.82, 2.24) is 9.55 Å². The maximum atomic E-state index is 11.6. The summed E-state index contributed by atoms with van der Waals surface area (Å²) in [5.41, 5.74) is 7.69. The average Bonchev–Trinajstić information content (AvgIpc) is 3.12. The molecule has 0 spiro atoms. The summed E-state index contributed by atoms with van der Waals surface area (Å²) in [5, 5.41) is 0. The van der Waals surface area contributed by atoms with Crippen LogP contribution in [0.1, 0.15) is 16.8 Å². The lowest BCUT2D eigenvalue weighted by Crippen LogP contribution is -2.12. The lowest BCUT2D eigenvalue weighted by Gasteiger charge is -2.10. The maximum absolute atomic E-state index is 11.6. The molecular weight excluding hydrogens is 302 g/mol. The summed E-state index contributed by atoms with van der Waals surface area (Å²) < 4.78 is 7.83. The molecule has 2 aromatic carbocycles. The number of carbonyl (C=O) groups is 1. The second-order valence-corrected chi connectivity index (χ2v) is 5.44. The van der Waals surface area contributed by atoms with Crippen LogP contribution in [0.5, 0.6) is 5.75 Å². The van der Waals surface area contributed by atoms with Crippen molar-refractivity contribution in [2.45, 2.75) is 13.0 Å². The summed E-state index contributed by atoms with van der Waals surface area (Å²) in [6.45, 7) is 1.48. The molecule has 1 aromatic heterocycles. The van der Waals surface area contributed by atoms with Gasteiger partial charge in [0.2, 0.25) is 5.91 Å². The van der Waals surface area contributed by atoms with Crippen LogP contribution in [-0.4, -0.2) is 22.1 Å². The van der Waals surface area contributed by atoms with E-state index in [1.54, 1.807) is 24.7 Å². The molecule has 0 saturated heterocycles. The van der Waals surface area contributed by atoms with Crippen LogP contribution in [0.3, 0.4) is 0 Å². The Balaban J connectivity index is 1.67. The van der Waals surface area contributed by atoms with Gasteiger partial charge in [-0.3, -0.25) is 4.79 Å². The van der Waals surface area contributed by atoms with Gasteiger partial charge in [0.1, 0.15) is 5.75 Å². The number of imidazole rings is 1. The van der Waals surface area contributed by atoms with E-state index in [1.807, 2.05) is 47.2 Å². The highest BCUT2D eigenvalue weighted by Gasteiger charge is 2.09. The molecule has 0 saturated carbocycles. The van der Waals surface area contributed by atoms with Gasteiger partial charge < -0.3 is 15.0 Å². The Hall–Kier alpha value is -3.08. The van der Waals surface area contributed by atoms with E-state index in [9.17, 15) is 4.79 Å². The van der Waals surface area contributed by atoms with E-state index in [1.165, 1.54) is 0 Å². The topological polar surface area (TPSA) is 70.1 Å². The van der Waals surface area contributed by atoms with Crippen LogP contribution < -0.4 is 10.5 Å². The highest BCUT2D eigenvalue weighted by molar-refractivity contribution is 5.99. The Morgan fingerprint density at radius 3 is 2.83 bits per heavy atom. The van der Waals surface area contributed by atoms with Gasteiger partial charge in [0.05, 0.1) is 12.9 Å². The van der Waals surface area contributed by atoms with E-state index in [-0.39, 0.29) is 0 Å². The number of nitrogens with zero attached hydrogens (tertiary/aromatic N) is 2. The fraction of sp³-hybridized carbons (Fsp3) is 0.158. The first-order valence-corrected chi connectivity index (χ1v) is 7.82. The number of amides is 1. The molecule has 0 aliphatic rings. The molecule has 0 unspecified atom stereocenters. The number of hydrogen-bond acceptors (Lipinski definition) is 3. The van der Waals surface area contributed by atoms with Crippen LogP contribution in [-0.2, 0) is 6.54 Å². The highest BCUT2D eigenvalue weighted by Crippen LogP contribution is 2.26. The fourth-order valence-electron chi connectivity index (χ4n) is 2.56. The molecule has 0 aliphatic heterocycles. The summed E-state index contributed by atoms with van der Waals surface area (Å²) in [4.78, 5) is 15.6. The van der Waals surface area contributed by atoms with Crippen LogP contribution in [0.4, 0.5) is 0 Å². The van der Waals surface area contributed by atoms with Gasteiger partial charge in [-0.05, 0) is 35.7 Å². The number of rotatable bonds is 7. The normalized spacial score (nSPS) is 10.5. The molecule has 0 fully saturated rings. The molecule has 3 rings (SSSR count). The van der Waals surface area contributed by atoms with Crippen LogP contribution in [0.15, 0.2) is 67.3 Å². The largest absolute Gasteiger partial charge is 0.494 e. The summed E-state index contributed by atoms with van der Waals surface area (Å²) in [6.07, 6.45) is 6.38. The van der Waals surface area contributed by atoms with Crippen LogP contribution >= 0.6 is 0 Å². The van der Waals surface area contributed by atoms with Gasteiger partial charge in [0.25, 0.3) is 0 Å². The second kappa shape index (κ2) is 7.46. The lowest BCUT2D eigenvalue weighted by atomic mass is 9.99. The zero-order valence-corrected chi connectivity index (χ0v) is 13.3. The van der Waals surface area contributed by atoms with Crippen LogP contribution in [0.2, 0.25) is 0 Å². The third kappa shape index (κ3) is 3.81. The molecule has 3 aromatic rings. The summed E-state index contributed by atoms with van der Waals surface area (Å²) in [5.74, 6) is 0.342. The molecule has 5 nitrogen and oxygen atoms in total. The number of carbonyl (C=O) groups excluding carboxylic acids is 1. The van der Waals surface area contributed by atoms with Crippen molar-refractivity contribution in [2.24, 2.45) is 5.73 Å². The molecule has 1 amide bonds. The smallest absolute Gasteiger partial charge is 0.249 e. The molecular formula is C19H19N3O2. The second-order valence-electron chi connectivity index (χ2n) is 5.44. The zero-order valence-electron chi connectivity index (χ0n) is 13.3. The Morgan fingerprint density at radius 1 is 1.17 bits per heavy atom. The lowest BCUT2D eigenvalue weighted by molar-refractivity contribution is 0.100. The Morgan fingerprint density at radius 2 is 2.04 bits per heavy atom. The van der Waals surface area contributed by atoms with Gasteiger partial charge in [0.15, 0.2) is 0 Å². The Labute approximate surface area is 140 Å². The molecule has 0 aliphatic carbocycles. The molecule has 2 N–H and O–H groups in total. The van der Waals surface area contributed by atoms with Crippen molar-refractivity contribution in [2.75, 3.05) is 6.61 Å². The first-order chi connectivity index (χ1) is 11.7. The van der Waals surface area contributed by atoms with E-state index in [4.69, 9.17) is 10.5 Å². The van der Waals surface area contributed by atoms with Crippen molar-refractivity contribution >= 4 is 5.91 Å². The predicted molar refractivity (Wildman–Crippen MR) is 92.7 cm³/mol. The minimum Gasteiger partial charge on any atom is -0.494 e. The minimum atomic E-state index is -0.433. The number of ether oxygens (including phenoxy) is 1. The molecule has 0 bridgehead atoms. The standard InChI is InChI=1S/C19H19N3O2/c20-19(23)18-8-2-1-7-17(18)15-5-3-6-16(13-15)24-12-4-10-22-11-9-21-14-22/h1-3,5-9,11,13-14H,4,10,12H2,(H2,20,23). The fourth-order valence-corrected chi connectivity index (χ4v) is 2.56. The van der Waals surface area contributed by atoms with Crippen molar-refractivity contribution in [3.63, 3.8) is 0 Å².